The summed E-state index contributed by atoms with van der Waals surface area (Å²) in [6.45, 7) is 8.66. The zero-order chi connectivity index (χ0) is 19.8. The van der Waals surface area contributed by atoms with Gasteiger partial charge in [0.25, 0.3) is 0 Å². The number of aromatic nitrogens is 6. The highest BCUT2D eigenvalue weighted by atomic mass is 32.2. The monoisotopic (exact) mass is 402 g/mol. The summed E-state index contributed by atoms with van der Waals surface area (Å²) in [7, 11) is 3.91. The van der Waals surface area contributed by atoms with Crippen LogP contribution in [0, 0.1) is 5.92 Å². The molecule has 0 aromatic carbocycles. The normalized spacial score (nSPS) is 18.1. The van der Waals surface area contributed by atoms with Gasteiger partial charge in [-0.2, -0.15) is 9.97 Å². The molecule has 2 aromatic heterocycles. The molecule has 152 valence electrons. The van der Waals surface area contributed by atoms with E-state index in [1.165, 1.54) is 37.4 Å². The Morgan fingerprint density at radius 1 is 1.00 bits per heavy atom. The van der Waals surface area contributed by atoms with Crippen molar-refractivity contribution in [2.24, 2.45) is 5.92 Å². The number of nitrogens with zero attached hydrogens (tertiary/aromatic N) is 8. The van der Waals surface area contributed by atoms with Crippen molar-refractivity contribution in [3.05, 3.63) is 5.82 Å². The van der Waals surface area contributed by atoms with Crippen LogP contribution in [0.25, 0.3) is 0 Å². The molecule has 3 heterocycles. The first-order valence-corrected chi connectivity index (χ1v) is 11.0. The lowest BCUT2D eigenvalue weighted by molar-refractivity contribution is 0.429. The number of anilines is 2. The van der Waals surface area contributed by atoms with E-state index >= 15 is 0 Å². The third-order valence-corrected chi connectivity index (χ3v) is 6.17. The van der Waals surface area contributed by atoms with Gasteiger partial charge in [-0.1, -0.05) is 20.8 Å². The van der Waals surface area contributed by atoms with E-state index in [1.807, 2.05) is 19.0 Å². The molecular weight excluding hydrogens is 372 g/mol. The maximum Gasteiger partial charge on any atom is 0.229 e. The van der Waals surface area contributed by atoms with E-state index in [0.29, 0.717) is 17.1 Å². The summed E-state index contributed by atoms with van der Waals surface area (Å²) in [5.74, 6) is 3.55. The average molecular weight is 403 g/mol. The van der Waals surface area contributed by atoms with Crippen LogP contribution in [0.4, 0.5) is 11.9 Å². The van der Waals surface area contributed by atoms with E-state index in [2.05, 4.69) is 55.4 Å². The molecule has 28 heavy (non-hydrogen) atoms. The molecule has 0 amide bonds. The molecular formula is C19H30N8S. The van der Waals surface area contributed by atoms with Gasteiger partial charge in [0.1, 0.15) is 5.82 Å². The highest BCUT2D eigenvalue weighted by Crippen LogP contribution is 2.42. The lowest BCUT2D eigenvalue weighted by Gasteiger charge is -2.31. The van der Waals surface area contributed by atoms with Gasteiger partial charge in [-0.05, 0) is 43.4 Å². The van der Waals surface area contributed by atoms with E-state index < -0.39 is 0 Å². The smallest absolute Gasteiger partial charge is 0.229 e. The molecule has 0 unspecified atom stereocenters. The molecule has 2 aromatic rings. The summed E-state index contributed by atoms with van der Waals surface area (Å²) in [5.41, 5.74) is 0. The first-order chi connectivity index (χ1) is 13.4. The Balaban J connectivity index is 1.63. The average Bonchev–Trinajstić information content (AvgIpc) is 3.42. The van der Waals surface area contributed by atoms with Gasteiger partial charge < -0.3 is 9.80 Å². The van der Waals surface area contributed by atoms with Crippen LogP contribution in [-0.4, -0.2) is 56.9 Å². The Labute approximate surface area is 171 Å². The second-order valence-electron chi connectivity index (χ2n) is 8.48. The lowest BCUT2D eigenvalue weighted by Crippen LogP contribution is -2.34. The van der Waals surface area contributed by atoms with Crippen molar-refractivity contribution in [2.45, 2.75) is 68.7 Å². The van der Waals surface area contributed by atoms with Crippen LogP contribution in [0.15, 0.2) is 10.3 Å². The largest absolute Gasteiger partial charge is 0.347 e. The maximum absolute atomic E-state index is 4.68. The molecule has 4 rings (SSSR count). The van der Waals surface area contributed by atoms with Crippen molar-refractivity contribution in [3.63, 3.8) is 0 Å². The van der Waals surface area contributed by atoms with Gasteiger partial charge in [0.2, 0.25) is 22.2 Å². The zero-order valence-corrected chi connectivity index (χ0v) is 18.3. The van der Waals surface area contributed by atoms with Crippen molar-refractivity contribution < 1.29 is 0 Å². The first kappa shape index (κ1) is 19.4. The molecule has 0 bridgehead atoms. The van der Waals surface area contributed by atoms with Crippen molar-refractivity contribution in [2.75, 3.05) is 37.0 Å². The van der Waals surface area contributed by atoms with Crippen LogP contribution >= 0.6 is 11.8 Å². The Morgan fingerprint density at radius 2 is 1.71 bits per heavy atom. The SMILES string of the molecule is CC1CCN(c2nnc(Sc3nc(C(C)C)nc(N(C)C)n3)n2C2CC2)CC1. The minimum Gasteiger partial charge on any atom is -0.347 e. The Hall–Kier alpha value is -1.90. The number of hydrogen-bond acceptors (Lipinski definition) is 8. The van der Waals surface area contributed by atoms with E-state index in [4.69, 9.17) is 0 Å². The first-order valence-electron chi connectivity index (χ1n) is 10.2. The fourth-order valence-corrected chi connectivity index (χ4v) is 4.20. The molecule has 0 N–H and O–H groups in total. The zero-order valence-electron chi connectivity index (χ0n) is 17.5. The van der Waals surface area contributed by atoms with E-state index in [9.17, 15) is 0 Å². The fourth-order valence-electron chi connectivity index (χ4n) is 3.36. The molecule has 8 nitrogen and oxygen atoms in total. The topological polar surface area (TPSA) is 75.9 Å². The van der Waals surface area contributed by atoms with Crippen LogP contribution in [0.3, 0.4) is 0 Å². The summed E-state index contributed by atoms with van der Waals surface area (Å²) >= 11 is 1.50. The predicted molar refractivity (Wildman–Crippen MR) is 111 cm³/mol. The van der Waals surface area contributed by atoms with Crippen molar-refractivity contribution in [1.82, 2.24) is 29.7 Å². The molecule has 1 saturated carbocycles. The van der Waals surface area contributed by atoms with Crippen molar-refractivity contribution in [1.29, 1.82) is 0 Å². The Morgan fingerprint density at radius 3 is 2.32 bits per heavy atom. The Bertz CT molecular complexity index is 795. The van der Waals surface area contributed by atoms with E-state index in [-0.39, 0.29) is 5.92 Å². The molecule has 0 radical (unpaired) electrons. The minimum absolute atomic E-state index is 0.244. The number of piperidine rings is 1. The summed E-state index contributed by atoms with van der Waals surface area (Å²) in [6, 6.07) is 0.506. The van der Waals surface area contributed by atoms with Gasteiger partial charge >= 0.3 is 0 Å². The van der Waals surface area contributed by atoms with E-state index in [1.54, 1.807) is 0 Å². The van der Waals surface area contributed by atoms with Crippen molar-refractivity contribution in [3.8, 4) is 0 Å². The molecule has 0 spiro atoms. The standard InChI is InChI=1S/C19H30N8S/c1-12(2)15-20-16(25(4)5)22-17(21-15)28-19-24-23-18(27(19)14-6-7-14)26-10-8-13(3)9-11-26/h12-14H,6-11H2,1-5H3. The molecule has 1 saturated heterocycles. The Kier molecular flexibility index (Phi) is 5.44. The van der Waals surface area contributed by atoms with Crippen molar-refractivity contribution >= 4 is 23.7 Å². The maximum atomic E-state index is 4.68. The van der Waals surface area contributed by atoms with Gasteiger partial charge in [-0.25, -0.2) is 4.98 Å². The summed E-state index contributed by atoms with van der Waals surface area (Å²) in [6.07, 6.45) is 4.83. The molecule has 0 atom stereocenters. The van der Waals surface area contributed by atoms with Gasteiger partial charge in [-0.3, -0.25) is 4.57 Å². The summed E-state index contributed by atoms with van der Waals surface area (Å²) in [5, 5.41) is 10.7. The summed E-state index contributed by atoms with van der Waals surface area (Å²) in [4.78, 5) is 18.2. The predicted octanol–water partition coefficient (Wildman–Crippen LogP) is 3.37. The number of rotatable bonds is 6. The van der Waals surface area contributed by atoms with Crippen LogP contribution in [0.5, 0.6) is 0 Å². The fraction of sp³-hybridized carbons (Fsp3) is 0.737. The minimum atomic E-state index is 0.244. The lowest BCUT2D eigenvalue weighted by atomic mass is 10.00. The van der Waals surface area contributed by atoms with Crippen LogP contribution in [0.1, 0.15) is 64.2 Å². The molecule has 1 aliphatic carbocycles. The van der Waals surface area contributed by atoms with Gasteiger partial charge in [0.05, 0.1) is 0 Å². The summed E-state index contributed by atoms with van der Waals surface area (Å²) < 4.78 is 2.31. The van der Waals surface area contributed by atoms with Gasteiger partial charge in [-0.15, -0.1) is 10.2 Å². The quantitative estimate of drug-likeness (QED) is 0.728. The molecule has 2 fully saturated rings. The highest BCUT2D eigenvalue weighted by molar-refractivity contribution is 7.99. The van der Waals surface area contributed by atoms with Crippen LogP contribution in [0.2, 0.25) is 0 Å². The molecule has 9 heteroatoms. The third-order valence-electron chi connectivity index (χ3n) is 5.34. The second kappa shape index (κ2) is 7.85. The second-order valence-corrected chi connectivity index (χ2v) is 9.42. The van der Waals surface area contributed by atoms with E-state index in [0.717, 1.165) is 35.9 Å². The van der Waals surface area contributed by atoms with Crippen LogP contribution in [-0.2, 0) is 0 Å². The molecule has 2 aliphatic rings. The van der Waals surface area contributed by atoms with Gasteiger partial charge in [0.15, 0.2) is 0 Å². The highest BCUT2D eigenvalue weighted by Gasteiger charge is 2.33. The van der Waals surface area contributed by atoms with Gasteiger partial charge in [0, 0.05) is 39.1 Å². The number of hydrogen-bond donors (Lipinski definition) is 0. The molecule has 1 aliphatic heterocycles. The van der Waals surface area contributed by atoms with Crippen LogP contribution < -0.4 is 9.80 Å². The third kappa shape index (κ3) is 4.09.